The first-order chi connectivity index (χ1) is 13.3. The molecule has 1 aromatic heterocycles. The van der Waals surface area contributed by atoms with Crippen LogP contribution in [0, 0.1) is 0 Å². The lowest BCUT2D eigenvalue weighted by atomic mass is 10.1. The number of benzene rings is 1. The Hall–Kier alpha value is -2.36. The molecule has 0 saturated heterocycles. The van der Waals surface area contributed by atoms with Crippen LogP contribution in [0.15, 0.2) is 36.4 Å². The molecule has 3 rings (SSSR count). The Bertz CT molecular complexity index is 864. The number of aliphatic hydroxyl groups excluding tert-OH is 1. The summed E-state index contributed by atoms with van der Waals surface area (Å²) in [6.07, 6.45) is -3.04. The Balaban J connectivity index is 0.00000300. The van der Waals surface area contributed by atoms with Crippen molar-refractivity contribution in [2.75, 3.05) is 0 Å². The number of ether oxygens (including phenoxy) is 1. The predicted molar refractivity (Wildman–Crippen MR) is 102 cm³/mol. The zero-order valence-corrected chi connectivity index (χ0v) is 16.1. The summed E-state index contributed by atoms with van der Waals surface area (Å²) in [5.41, 5.74) is 4.84. The molecular formula is C19H21ClF3N3O3. The number of aromatic nitrogens is 1. The van der Waals surface area contributed by atoms with E-state index >= 15 is 0 Å². The van der Waals surface area contributed by atoms with Crippen LogP contribution in [0.4, 0.5) is 13.2 Å². The van der Waals surface area contributed by atoms with Crippen molar-refractivity contribution in [1.29, 1.82) is 0 Å². The number of hydrogen-bond donors (Lipinski definition) is 3. The monoisotopic (exact) mass is 431 g/mol. The zero-order valence-electron chi connectivity index (χ0n) is 15.3. The second-order valence-electron chi connectivity index (χ2n) is 6.61. The molecule has 0 unspecified atom stereocenters. The highest BCUT2D eigenvalue weighted by Crippen LogP contribution is 2.31. The van der Waals surface area contributed by atoms with E-state index in [-0.39, 0.29) is 47.8 Å². The summed E-state index contributed by atoms with van der Waals surface area (Å²) in [6, 6.07) is 7.88. The Morgan fingerprint density at radius 2 is 2.03 bits per heavy atom. The predicted octanol–water partition coefficient (Wildman–Crippen LogP) is 3.42. The zero-order chi connectivity index (χ0) is 20.3. The van der Waals surface area contributed by atoms with Gasteiger partial charge in [0.05, 0.1) is 12.1 Å². The van der Waals surface area contributed by atoms with Crippen LogP contribution in [0.1, 0.15) is 40.9 Å². The molecule has 6 nitrogen and oxygen atoms in total. The molecule has 0 spiro atoms. The van der Waals surface area contributed by atoms with Crippen molar-refractivity contribution in [3.63, 3.8) is 0 Å². The van der Waals surface area contributed by atoms with Gasteiger partial charge in [-0.25, -0.2) is 4.98 Å². The molecular weight excluding hydrogens is 411 g/mol. The molecule has 0 aliphatic heterocycles. The minimum absolute atomic E-state index is 0. The fourth-order valence-electron chi connectivity index (χ4n) is 3.06. The van der Waals surface area contributed by atoms with Gasteiger partial charge < -0.3 is 20.9 Å². The first kappa shape index (κ1) is 22.9. The molecule has 1 aliphatic carbocycles. The van der Waals surface area contributed by atoms with Gasteiger partial charge in [-0.05, 0) is 49.1 Å². The van der Waals surface area contributed by atoms with E-state index in [9.17, 15) is 23.1 Å². The Morgan fingerprint density at radius 3 is 2.66 bits per heavy atom. The van der Waals surface area contributed by atoms with E-state index < -0.39 is 23.9 Å². The number of carbonyl (C=O) groups excluding carboxylic acids is 1. The minimum Gasteiger partial charge on any atom is -0.439 e. The summed E-state index contributed by atoms with van der Waals surface area (Å²) in [5, 5.41) is 12.6. The van der Waals surface area contributed by atoms with Crippen LogP contribution in [0.2, 0.25) is 0 Å². The molecule has 1 aliphatic rings. The molecule has 2 aromatic rings. The number of pyridine rings is 1. The first-order valence-corrected chi connectivity index (χ1v) is 8.81. The van der Waals surface area contributed by atoms with Crippen LogP contribution in [0.5, 0.6) is 11.6 Å². The van der Waals surface area contributed by atoms with Gasteiger partial charge in [0.2, 0.25) is 5.88 Å². The highest BCUT2D eigenvalue weighted by atomic mass is 35.5. The van der Waals surface area contributed by atoms with Gasteiger partial charge in [-0.1, -0.05) is 6.07 Å². The maximum atomic E-state index is 13.0. The summed E-state index contributed by atoms with van der Waals surface area (Å²) in [6.45, 7) is -0.103. The number of aliphatic hydroxyl groups is 1. The summed E-state index contributed by atoms with van der Waals surface area (Å²) >= 11 is 0. The van der Waals surface area contributed by atoms with Gasteiger partial charge >= 0.3 is 6.18 Å². The van der Waals surface area contributed by atoms with E-state index in [4.69, 9.17) is 10.5 Å². The maximum absolute atomic E-state index is 13.0. The van der Waals surface area contributed by atoms with Crippen molar-refractivity contribution in [1.82, 2.24) is 10.3 Å². The van der Waals surface area contributed by atoms with Crippen molar-refractivity contribution in [2.45, 2.75) is 44.1 Å². The Labute approximate surface area is 171 Å². The molecule has 1 fully saturated rings. The van der Waals surface area contributed by atoms with Crippen LogP contribution in [-0.2, 0) is 12.7 Å². The Kier molecular flexibility index (Phi) is 7.45. The molecule has 29 heavy (non-hydrogen) atoms. The molecule has 2 atom stereocenters. The van der Waals surface area contributed by atoms with Gasteiger partial charge in [0, 0.05) is 18.2 Å². The summed E-state index contributed by atoms with van der Waals surface area (Å²) in [4.78, 5) is 15.9. The average molecular weight is 432 g/mol. The van der Waals surface area contributed by atoms with Gasteiger partial charge in [0.15, 0.2) is 0 Å². The van der Waals surface area contributed by atoms with Crippen LogP contribution in [0.3, 0.4) is 0 Å². The smallest absolute Gasteiger partial charge is 0.433 e. The molecule has 158 valence electrons. The number of carbonyl (C=O) groups is 1. The van der Waals surface area contributed by atoms with E-state index in [1.54, 1.807) is 12.1 Å². The second-order valence-corrected chi connectivity index (χ2v) is 6.61. The third-order valence-electron chi connectivity index (χ3n) is 4.50. The number of alkyl halides is 3. The molecule has 0 radical (unpaired) electrons. The molecule has 1 amide bonds. The van der Waals surface area contributed by atoms with E-state index in [0.29, 0.717) is 12.8 Å². The average Bonchev–Trinajstić information content (AvgIpc) is 3.05. The van der Waals surface area contributed by atoms with Crippen LogP contribution in [0.25, 0.3) is 0 Å². The fraction of sp³-hybridized carbons (Fsp3) is 0.368. The van der Waals surface area contributed by atoms with Crippen LogP contribution in [-0.4, -0.2) is 28.1 Å². The molecule has 1 heterocycles. The quantitative estimate of drug-likeness (QED) is 0.674. The van der Waals surface area contributed by atoms with Crippen molar-refractivity contribution in [2.24, 2.45) is 5.73 Å². The fourth-order valence-corrected chi connectivity index (χ4v) is 3.06. The third kappa shape index (κ3) is 5.81. The summed E-state index contributed by atoms with van der Waals surface area (Å²) < 4.78 is 44.4. The summed E-state index contributed by atoms with van der Waals surface area (Å²) in [5.74, 6) is -0.496. The lowest BCUT2D eigenvalue weighted by molar-refractivity contribution is -0.141. The highest BCUT2D eigenvalue weighted by molar-refractivity contribution is 5.94. The van der Waals surface area contributed by atoms with Gasteiger partial charge in [-0.15, -0.1) is 12.4 Å². The topological polar surface area (TPSA) is 97.5 Å². The lowest BCUT2D eigenvalue weighted by Crippen LogP contribution is -2.39. The molecule has 1 aromatic carbocycles. The maximum Gasteiger partial charge on any atom is 0.433 e. The van der Waals surface area contributed by atoms with E-state index in [0.717, 1.165) is 12.5 Å². The number of amides is 1. The van der Waals surface area contributed by atoms with E-state index in [1.165, 1.54) is 18.2 Å². The van der Waals surface area contributed by atoms with Crippen LogP contribution >= 0.6 is 12.4 Å². The van der Waals surface area contributed by atoms with Crippen molar-refractivity contribution >= 4 is 18.3 Å². The van der Waals surface area contributed by atoms with E-state index in [2.05, 4.69) is 10.3 Å². The molecule has 4 N–H and O–H groups in total. The van der Waals surface area contributed by atoms with Gasteiger partial charge in [0.1, 0.15) is 11.4 Å². The van der Waals surface area contributed by atoms with Gasteiger partial charge in [-0.3, -0.25) is 4.79 Å². The molecule has 0 bridgehead atoms. The Morgan fingerprint density at radius 1 is 1.28 bits per heavy atom. The third-order valence-corrected chi connectivity index (χ3v) is 4.50. The largest absolute Gasteiger partial charge is 0.439 e. The standard InChI is InChI=1S/C19H20F3N3O3.ClH/c20-19(21,22)16-7-11(10-23)8-17(25-16)28-13-4-1-3-12(9-13)18(27)24-14-5-2-6-15(14)26;/h1,3-4,7-9,14-15,26H,2,5-6,10,23H2,(H,24,27);1H/t14-,15+;/m0./s1. The number of halogens is 4. The molecule has 1 saturated carbocycles. The SMILES string of the molecule is Cl.NCc1cc(Oc2cccc(C(=O)N[C@H]3CCC[C@H]3O)c2)nc(C(F)(F)F)c1. The number of nitrogens with two attached hydrogens (primary N) is 1. The number of hydrogen-bond acceptors (Lipinski definition) is 5. The number of nitrogens with zero attached hydrogens (tertiary/aromatic N) is 1. The van der Waals surface area contributed by atoms with E-state index in [1.807, 2.05) is 0 Å². The van der Waals surface area contributed by atoms with Crippen LogP contribution < -0.4 is 15.8 Å². The first-order valence-electron chi connectivity index (χ1n) is 8.81. The van der Waals surface area contributed by atoms with Crippen molar-refractivity contribution in [3.8, 4) is 11.6 Å². The van der Waals surface area contributed by atoms with Crippen molar-refractivity contribution < 1.29 is 27.8 Å². The number of nitrogens with one attached hydrogen (secondary N) is 1. The van der Waals surface area contributed by atoms with Gasteiger partial charge in [0.25, 0.3) is 5.91 Å². The van der Waals surface area contributed by atoms with Crippen molar-refractivity contribution in [3.05, 3.63) is 53.2 Å². The lowest BCUT2D eigenvalue weighted by Gasteiger charge is -2.16. The highest BCUT2D eigenvalue weighted by Gasteiger charge is 2.33. The normalized spacial score (nSPS) is 18.8. The summed E-state index contributed by atoms with van der Waals surface area (Å²) in [7, 11) is 0. The molecule has 10 heteroatoms. The minimum atomic E-state index is -4.63. The second kappa shape index (κ2) is 9.43. The van der Waals surface area contributed by atoms with Gasteiger partial charge in [-0.2, -0.15) is 13.2 Å². The number of rotatable bonds is 5.